The third-order valence-corrected chi connectivity index (χ3v) is 5.81. The molecule has 0 amide bonds. The molecule has 0 atom stereocenters. The lowest BCUT2D eigenvalue weighted by atomic mass is 9.88. The number of aliphatic imine (C=N–C) groups is 1. The number of nitrogens with zero attached hydrogens (tertiary/aromatic N) is 5. The van der Waals surface area contributed by atoms with Crippen LogP contribution < -0.4 is 10.6 Å². The average Bonchev–Trinajstić information content (AvgIpc) is 3.40. The van der Waals surface area contributed by atoms with Crippen LogP contribution in [0, 0.1) is 0 Å². The van der Waals surface area contributed by atoms with Crippen molar-refractivity contribution in [1.29, 1.82) is 0 Å². The number of ether oxygens (including phenoxy) is 1. The Morgan fingerprint density at radius 2 is 2.00 bits per heavy atom. The topological polar surface area (TPSA) is 79.1 Å². The minimum absolute atomic E-state index is 0.175. The van der Waals surface area contributed by atoms with Crippen LogP contribution in [0.5, 0.6) is 0 Å². The van der Waals surface area contributed by atoms with Crippen LogP contribution in [0.15, 0.2) is 29.4 Å². The molecular weight excluding hydrogens is 342 g/mol. The van der Waals surface area contributed by atoms with Crippen LogP contribution in [-0.4, -0.2) is 70.9 Å². The molecule has 2 saturated heterocycles. The minimum Gasteiger partial charge on any atom is -0.381 e. The number of hydrogen-bond acceptors (Lipinski definition) is 5. The second-order valence-corrected chi connectivity index (χ2v) is 7.36. The molecule has 0 saturated carbocycles. The van der Waals surface area contributed by atoms with Crippen LogP contribution in [0.4, 0.5) is 0 Å². The average molecular weight is 371 g/mol. The van der Waals surface area contributed by atoms with Crippen molar-refractivity contribution in [3.05, 3.63) is 30.2 Å². The summed E-state index contributed by atoms with van der Waals surface area (Å²) in [5.41, 5.74) is 1.03. The number of hydrogen-bond donors (Lipinski definition) is 2. The number of pyridine rings is 1. The summed E-state index contributed by atoms with van der Waals surface area (Å²) in [5, 5.41) is 15.4. The van der Waals surface area contributed by atoms with E-state index in [2.05, 4.69) is 30.7 Å². The molecule has 2 aliphatic rings. The molecule has 2 fully saturated rings. The van der Waals surface area contributed by atoms with Crippen LogP contribution in [0.25, 0.3) is 5.65 Å². The van der Waals surface area contributed by atoms with Crippen molar-refractivity contribution in [3.8, 4) is 0 Å². The largest absolute Gasteiger partial charge is 0.381 e. The van der Waals surface area contributed by atoms with Gasteiger partial charge in [-0.25, -0.2) is 0 Å². The molecule has 146 valence electrons. The summed E-state index contributed by atoms with van der Waals surface area (Å²) in [6.45, 7) is 5.53. The van der Waals surface area contributed by atoms with Gasteiger partial charge in [0.25, 0.3) is 0 Å². The number of rotatable bonds is 5. The molecule has 0 radical (unpaired) electrons. The van der Waals surface area contributed by atoms with Crippen molar-refractivity contribution >= 4 is 11.6 Å². The molecular formula is C19H29N7O. The number of nitrogens with one attached hydrogen (secondary N) is 2. The summed E-state index contributed by atoms with van der Waals surface area (Å²) in [4.78, 5) is 7.05. The highest BCUT2D eigenvalue weighted by Crippen LogP contribution is 2.30. The Kier molecular flexibility index (Phi) is 5.54. The lowest BCUT2D eigenvalue weighted by Crippen LogP contribution is -2.58. The first-order chi connectivity index (χ1) is 13.3. The fourth-order valence-corrected chi connectivity index (χ4v) is 4.19. The maximum Gasteiger partial charge on any atom is 0.191 e. The van der Waals surface area contributed by atoms with Gasteiger partial charge in [-0.3, -0.25) is 14.3 Å². The Balaban J connectivity index is 1.38. The Bertz CT molecular complexity index is 775. The molecule has 4 rings (SSSR count). The molecule has 0 aromatic carbocycles. The van der Waals surface area contributed by atoms with Gasteiger partial charge in [-0.1, -0.05) is 6.07 Å². The Labute approximate surface area is 160 Å². The standard InChI is InChI=1S/C19H29N7O/c1-20-18(21-14-17-24-23-16-6-2-3-11-26(16)17)22-15-19(7-12-27-13-8-19)25-9-4-5-10-25/h2-3,6,11H,4-5,7-10,12-15H2,1H3,(H2,20,21,22). The zero-order chi connectivity index (χ0) is 18.5. The van der Waals surface area contributed by atoms with Crippen LogP contribution in [0.2, 0.25) is 0 Å². The molecule has 27 heavy (non-hydrogen) atoms. The lowest BCUT2D eigenvalue weighted by molar-refractivity contribution is -0.0164. The Morgan fingerprint density at radius 3 is 2.78 bits per heavy atom. The summed E-state index contributed by atoms with van der Waals surface area (Å²) < 4.78 is 7.63. The van der Waals surface area contributed by atoms with Crippen LogP contribution in [0.3, 0.4) is 0 Å². The fraction of sp³-hybridized carbons (Fsp3) is 0.632. The predicted molar refractivity (Wildman–Crippen MR) is 105 cm³/mol. The molecule has 0 bridgehead atoms. The fourth-order valence-electron chi connectivity index (χ4n) is 4.19. The lowest BCUT2D eigenvalue weighted by Gasteiger charge is -2.45. The first-order valence-electron chi connectivity index (χ1n) is 9.87. The van der Waals surface area contributed by atoms with E-state index in [0.29, 0.717) is 6.54 Å². The highest BCUT2D eigenvalue weighted by atomic mass is 16.5. The SMILES string of the molecule is CN=C(NCc1nnc2ccccn12)NCC1(N2CCCC2)CCOCC1. The van der Waals surface area contributed by atoms with Gasteiger partial charge >= 0.3 is 0 Å². The van der Waals surface area contributed by atoms with E-state index in [4.69, 9.17) is 4.74 Å². The molecule has 2 N–H and O–H groups in total. The highest BCUT2D eigenvalue weighted by Gasteiger charge is 2.39. The van der Waals surface area contributed by atoms with Crippen molar-refractivity contribution in [2.75, 3.05) is 39.9 Å². The first kappa shape index (κ1) is 18.2. The quantitative estimate of drug-likeness (QED) is 0.604. The summed E-state index contributed by atoms with van der Waals surface area (Å²) in [7, 11) is 1.81. The molecule has 8 nitrogen and oxygen atoms in total. The normalized spacial score (nSPS) is 20.9. The van der Waals surface area contributed by atoms with Crippen molar-refractivity contribution < 1.29 is 4.74 Å². The molecule has 2 aromatic heterocycles. The van der Waals surface area contributed by atoms with Crippen LogP contribution in [0.1, 0.15) is 31.5 Å². The molecule has 0 aliphatic carbocycles. The van der Waals surface area contributed by atoms with Gasteiger partial charge < -0.3 is 15.4 Å². The number of fused-ring (bicyclic) bond motifs is 1. The second-order valence-electron chi connectivity index (χ2n) is 7.36. The monoisotopic (exact) mass is 371 g/mol. The third kappa shape index (κ3) is 3.91. The summed E-state index contributed by atoms with van der Waals surface area (Å²) in [5.74, 6) is 1.67. The maximum atomic E-state index is 5.64. The number of likely N-dealkylation sites (tertiary alicyclic amines) is 1. The van der Waals surface area contributed by atoms with Crippen molar-refractivity contribution in [1.82, 2.24) is 30.1 Å². The van der Waals surface area contributed by atoms with Gasteiger partial charge in [0.05, 0.1) is 6.54 Å². The highest BCUT2D eigenvalue weighted by molar-refractivity contribution is 5.79. The first-order valence-corrected chi connectivity index (χ1v) is 9.87. The molecule has 4 heterocycles. The Morgan fingerprint density at radius 1 is 1.19 bits per heavy atom. The van der Waals surface area contributed by atoms with Gasteiger partial charge in [0, 0.05) is 38.5 Å². The van der Waals surface area contributed by atoms with E-state index in [0.717, 1.165) is 50.0 Å². The van der Waals surface area contributed by atoms with E-state index in [-0.39, 0.29) is 5.54 Å². The summed E-state index contributed by atoms with van der Waals surface area (Å²) >= 11 is 0. The van der Waals surface area contributed by atoms with E-state index in [1.54, 1.807) is 0 Å². The van der Waals surface area contributed by atoms with E-state index >= 15 is 0 Å². The van der Waals surface area contributed by atoms with E-state index in [9.17, 15) is 0 Å². The summed E-state index contributed by atoms with van der Waals surface area (Å²) in [6, 6.07) is 5.90. The third-order valence-electron chi connectivity index (χ3n) is 5.81. The van der Waals surface area contributed by atoms with Gasteiger partial charge in [-0.15, -0.1) is 10.2 Å². The Hall–Kier alpha value is -2.19. The van der Waals surface area contributed by atoms with Gasteiger partial charge in [0.2, 0.25) is 0 Å². The zero-order valence-electron chi connectivity index (χ0n) is 16.0. The summed E-state index contributed by atoms with van der Waals surface area (Å²) in [6.07, 6.45) is 6.73. The van der Waals surface area contributed by atoms with E-state index < -0.39 is 0 Å². The van der Waals surface area contributed by atoms with Crippen molar-refractivity contribution in [2.45, 2.75) is 37.8 Å². The van der Waals surface area contributed by atoms with E-state index in [1.807, 2.05) is 35.8 Å². The van der Waals surface area contributed by atoms with Gasteiger partial charge in [-0.05, 0) is 50.9 Å². The smallest absolute Gasteiger partial charge is 0.191 e. The van der Waals surface area contributed by atoms with E-state index in [1.165, 1.54) is 25.9 Å². The molecule has 0 unspecified atom stereocenters. The molecule has 0 spiro atoms. The van der Waals surface area contributed by atoms with Gasteiger partial charge in [-0.2, -0.15) is 0 Å². The predicted octanol–water partition coefficient (Wildman–Crippen LogP) is 1.04. The number of guanidine groups is 1. The minimum atomic E-state index is 0.175. The van der Waals surface area contributed by atoms with Crippen molar-refractivity contribution in [2.24, 2.45) is 4.99 Å². The molecule has 8 heteroatoms. The zero-order valence-corrected chi connectivity index (χ0v) is 16.0. The van der Waals surface area contributed by atoms with Gasteiger partial charge in [0.1, 0.15) is 0 Å². The second kappa shape index (κ2) is 8.22. The van der Waals surface area contributed by atoms with Gasteiger partial charge in [0.15, 0.2) is 17.4 Å². The van der Waals surface area contributed by atoms with Crippen LogP contribution in [-0.2, 0) is 11.3 Å². The molecule has 2 aliphatic heterocycles. The number of aromatic nitrogens is 3. The van der Waals surface area contributed by atoms with Crippen LogP contribution >= 0.6 is 0 Å². The maximum absolute atomic E-state index is 5.64. The molecule has 2 aromatic rings. The van der Waals surface area contributed by atoms with Crippen molar-refractivity contribution in [3.63, 3.8) is 0 Å².